The van der Waals surface area contributed by atoms with Crippen LogP contribution in [-0.2, 0) is 29.9 Å². The number of ether oxygens (including phenoxy) is 2. The zero-order valence-electron chi connectivity index (χ0n) is 16.9. The van der Waals surface area contributed by atoms with Crippen molar-refractivity contribution in [1.82, 2.24) is 0 Å². The van der Waals surface area contributed by atoms with Crippen LogP contribution in [0.3, 0.4) is 0 Å². The number of esters is 2. The fraction of sp³-hybridized carbons (Fsp3) is 0.364. The number of nitrogen functional groups attached to an aromatic ring is 1. The van der Waals surface area contributed by atoms with Crippen molar-refractivity contribution in [2.24, 2.45) is 0 Å². The molecule has 2 saturated carbocycles. The molecule has 8 heteroatoms. The average molecular weight is 412 g/mol. The lowest BCUT2D eigenvalue weighted by Gasteiger charge is -2.12. The van der Waals surface area contributed by atoms with Crippen LogP contribution >= 0.6 is 0 Å². The number of nitro groups is 1. The predicted octanol–water partition coefficient (Wildman–Crippen LogP) is 3.27. The number of nitrogens with two attached hydrogens (primary N) is 1. The summed E-state index contributed by atoms with van der Waals surface area (Å²) in [7, 11) is 2.79. The number of hydrogen-bond donors (Lipinski definition) is 1. The topological polar surface area (TPSA) is 122 Å². The first-order chi connectivity index (χ1) is 14.3. The van der Waals surface area contributed by atoms with Crippen LogP contribution in [0.15, 0.2) is 48.5 Å². The molecule has 0 bridgehead atoms. The molecule has 0 heterocycles. The number of nitro benzene ring substituents is 1. The summed E-state index contributed by atoms with van der Waals surface area (Å²) < 4.78 is 9.53. The molecule has 2 aliphatic rings. The van der Waals surface area contributed by atoms with Crippen molar-refractivity contribution in [3.8, 4) is 0 Å². The van der Waals surface area contributed by atoms with Gasteiger partial charge in [0.15, 0.2) is 0 Å². The number of methoxy groups -OCH3 is 2. The summed E-state index contributed by atoms with van der Waals surface area (Å²) in [6, 6.07) is 13.5. The molecular weight excluding hydrogens is 388 g/mol. The van der Waals surface area contributed by atoms with Crippen molar-refractivity contribution < 1.29 is 24.0 Å². The zero-order valence-corrected chi connectivity index (χ0v) is 16.9. The summed E-state index contributed by atoms with van der Waals surface area (Å²) in [5.41, 5.74) is 7.22. The molecule has 158 valence electrons. The first-order valence-electron chi connectivity index (χ1n) is 9.57. The smallest absolute Gasteiger partial charge is 0.316 e. The third-order valence-electron chi connectivity index (χ3n) is 5.75. The Hall–Kier alpha value is -3.42. The van der Waals surface area contributed by atoms with E-state index in [-0.39, 0.29) is 23.0 Å². The van der Waals surface area contributed by atoms with E-state index in [2.05, 4.69) is 0 Å². The van der Waals surface area contributed by atoms with Gasteiger partial charge >= 0.3 is 11.9 Å². The molecular formula is C22H24N2O6. The van der Waals surface area contributed by atoms with Crippen molar-refractivity contribution in [2.45, 2.75) is 36.5 Å². The van der Waals surface area contributed by atoms with Crippen molar-refractivity contribution >= 4 is 23.3 Å². The minimum absolute atomic E-state index is 0.0319. The molecule has 0 unspecified atom stereocenters. The Morgan fingerprint density at radius 1 is 0.833 bits per heavy atom. The molecule has 0 aliphatic heterocycles. The van der Waals surface area contributed by atoms with E-state index in [9.17, 15) is 19.7 Å². The number of carbonyl (C=O) groups excluding carboxylic acids is 2. The Kier molecular flexibility index (Phi) is 5.78. The molecule has 0 radical (unpaired) electrons. The highest BCUT2D eigenvalue weighted by Gasteiger charge is 2.53. The minimum Gasteiger partial charge on any atom is -0.468 e. The van der Waals surface area contributed by atoms with Gasteiger partial charge in [-0.15, -0.1) is 0 Å². The van der Waals surface area contributed by atoms with Gasteiger partial charge in [-0.2, -0.15) is 0 Å². The van der Waals surface area contributed by atoms with Gasteiger partial charge in [-0.05, 0) is 48.9 Å². The van der Waals surface area contributed by atoms with Crippen molar-refractivity contribution in [3.63, 3.8) is 0 Å². The van der Waals surface area contributed by atoms with Gasteiger partial charge in [0.25, 0.3) is 5.69 Å². The Morgan fingerprint density at radius 2 is 1.20 bits per heavy atom. The van der Waals surface area contributed by atoms with Crippen molar-refractivity contribution in [1.29, 1.82) is 0 Å². The van der Waals surface area contributed by atoms with E-state index in [0.717, 1.165) is 42.5 Å². The molecule has 2 fully saturated rings. The molecule has 0 aromatic heterocycles. The number of carbonyl (C=O) groups is 2. The summed E-state index contributed by atoms with van der Waals surface area (Å²) >= 11 is 0. The van der Waals surface area contributed by atoms with E-state index in [1.807, 2.05) is 24.3 Å². The van der Waals surface area contributed by atoms with Gasteiger partial charge < -0.3 is 15.2 Å². The fourth-order valence-electron chi connectivity index (χ4n) is 3.57. The van der Waals surface area contributed by atoms with Crippen LogP contribution < -0.4 is 5.73 Å². The van der Waals surface area contributed by atoms with Gasteiger partial charge in [0.2, 0.25) is 0 Å². The number of benzene rings is 2. The summed E-state index contributed by atoms with van der Waals surface area (Å²) in [5.74, 6) is -0.399. The Labute approximate surface area is 174 Å². The van der Waals surface area contributed by atoms with Crippen molar-refractivity contribution in [2.75, 3.05) is 20.0 Å². The maximum atomic E-state index is 11.6. The van der Waals surface area contributed by atoms with E-state index in [4.69, 9.17) is 15.2 Å². The summed E-state index contributed by atoms with van der Waals surface area (Å²) in [6.45, 7) is 0. The van der Waals surface area contributed by atoms with Gasteiger partial charge in [0.05, 0.1) is 30.0 Å². The molecule has 4 rings (SSSR count). The Morgan fingerprint density at radius 3 is 1.50 bits per heavy atom. The molecule has 2 aliphatic carbocycles. The van der Waals surface area contributed by atoms with Crippen LogP contribution in [0.5, 0.6) is 0 Å². The highest BCUT2D eigenvalue weighted by molar-refractivity contribution is 5.87. The monoisotopic (exact) mass is 412 g/mol. The lowest BCUT2D eigenvalue weighted by molar-refractivity contribution is -0.384. The SMILES string of the molecule is COC(=O)C1(c2ccc(N)cc2)CC1.COC(=O)C1(c2ccc([N+](=O)[O-])cc2)CC1. The van der Waals surface area contributed by atoms with Gasteiger partial charge in [-0.1, -0.05) is 24.3 Å². The normalized spacial score (nSPS) is 17.0. The lowest BCUT2D eigenvalue weighted by Crippen LogP contribution is -2.21. The lowest BCUT2D eigenvalue weighted by atomic mass is 9.96. The van der Waals surface area contributed by atoms with Gasteiger partial charge in [0.1, 0.15) is 0 Å². The van der Waals surface area contributed by atoms with Crippen LogP contribution in [0.25, 0.3) is 0 Å². The van der Waals surface area contributed by atoms with Gasteiger partial charge in [-0.3, -0.25) is 19.7 Å². The van der Waals surface area contributed by atoms with E-state index < -0.39 is 10.3 Å². The molecule has 2 N–H and O–H groups in total. The molecule has 30 heavy (non-hydrogen) atoms. The molecule has 0 atom stereocenters. The molecule has 2 aromatic carbocycles. The summed E-state index contributed by atoms with van der Waals surface area (Å²) in [5, 5.41) is 10.5. The maximum Gasteiger partial charge on any atom is 0.316 e. The van der Waals surface area contributed by atoms with E-state index >= 15 is 0 Å². The van der Waals surface area contributed by atoms with Gasteiger partial charge in [0, 0.05) is 17.8 Å². The molecule has 0 spiro atoms. The molecule has 0 amide bonds. The number of rotatable bonds is 5. The molecule has 8 nitrogen and oxygen atoms in total. The van der Waals surface area contributed by atoms with Crippen LogP contribution in [0.2, 0.25) is 0 Å². The number of anilines is 1. The first-order valence-corrected chi connectivity index (χ1v) is 9.57. The fourth-order valence-corrected chi connectivity index (χ4v) is 3.57. The highest BCUT2D eigenvalue weighted by atomic mass is 16.6. The average Bonchev–Trinajstić information content (AvgIpc) is 3.68. The van der Waals surface area contributed by atoms with Gasteiger partial charge in [-0.25, -0.2) is 0 Å². The maximum absolute atomic E-state index is 11.6. The van der Waals surface area contributed by atoms with Crippen LogP contribution in [0, 0.1) is 10.1 Å². The predicted molar refractivity (Wildman–Crippen MR) is 110 cm³/mol. The number of nitrogens with zero attached hydrogens (tertiary/aromatic N) is 1. The second kappa shape index (κ2) is 8.14. The summed E-state index contributed by atoms with van der Waals surface area (Å²) in [6.07, 6.45) is 3.25. The Bertz CT molecular complexity index is 945. The van der Waals surface area contributed by atoms with E-state index in [1.54, 1.807) is 12.1 Å². The third kappa shape index (κ3) is 3.98. The molecule has 2 aromatic rings. The second-order valence-corrected chi connectivity index (χ2v) is 7.57. The van der Waals surface area contributed by atoms with Crippen molar-refractivity contribution in [3.05, 3.63) is 69.8 Å². The standard InChI is InChI=1S/C11H11NO4.C11H13NO2/c1-16-10(13)11(6-7-11)8-2-4-9(5-3-8)12(14)15;1-14-10(13)11(6-7-11)8-2-4-9(12)5-3-8/h2-5H,6-7H2,1H3;2-5H,6-7,12H2,1H3. The largest absolute Gasteiger partial charge is 0.468 e. The van der Waals surface area contributed by atoms with E-state index in [1.165, 1.54) is 26.4 Å². The highest BCUT2D eigenvalue weighted by Crippen LogP contribution is 2.50. The van der Waals surface area contributed by atoms with Crippen LogP contribution in [0.1, 0.15) is 36.8 Å². The van der Waals surface area contributed by atoms with Crippen LogP contribution in [0.4, 0.5) is 11.4 Å². The van der Waals surface area contributed by atoms with Crippen LogP contribution in [-0.4, -0.2) is 31.1 Å². The number of hydrogen-bond acceptors (Lipinski definition) is 7. The van der Waals surface area contributed by atoms with E-state index in [0.29, 0.717) is 0 Å². The first kappa shape index (κ1) is 21.3. The molecule has 0 saturated heterocycles. The third-order valence-corrected chi connectivity index (χ3v) is 5.75. The Balaban J connectivity index is 0.000000172. The number of non-ortho nitro benzene ring substituents is 1. The zero-order chi connectivity index (χ0) is 21.9. The summed E-state index contributed by atoms with van der Waals surface area (Å²) in [4.78, 5) is 33.1. The quantitative estimate of drug-likeness (QED) is 0.346. The minimum atomic E-state index is -0.552. The second-order valence-electron chi connectivity index (χ2n) is 7.57.